The molecule has 0 heterocycles. The third-order valence-corrected chi connectivity index (χ3v) is 3.90. The molecule has 0 amide bonds. The Morgan fingerprint density at radius 1 is 1.05 bits per heavy atom. The highest BCUT2D eigenvalue weighted by atomic mass is 32.2. The van der Waals surface area contributed by atoms with Crippen LogP contribution in [-0.2, 0) is 10.6 Å². The van der Waals surface area contributed by atoms with Crippen molar-refractivity contribution in [2.75, 3.05) is 6.61 Å². The van der Waals surface area contributed by atoms with Crippen molar-refractivity contribution in [3.63, 3.8) is 0 Å². The molecule has 0 saturated carbocycles. The average Bonchev–Trinajstić information content (AvgIpc) is 2.36. The van der Waals surface area contributed by atoms with Gasteiger partial charge in [0.25, 0.3) is 0 Å². The molecule has 0 fully saturated rings. The van der Waals surface area contributed by atoms with Crippen LogP contribution in [0.15, 0.2) is 23.1 Å². The molecule has 3 heteroatoms. The van der Waals surface area contributed by atoms with E-state index in [-0.39, 0.29) is 5.60 Å². The first-order chi connectivity index (χ1) is 10.1. The molecule has 0 radical (unpaired) electrons. The predicted molar refractivity (Wildman–Crippen MR) is 96.7 cm³/mol. The van der Waals surface area contributed by atoms with E-state index in [1.54, 1.807) is 0 Å². The lowest BCUT2D eigenvalue weighted by Gasteiger charge is -2.23. The Bertz CT molecular complexity index is 455. The zero-order chi connectivity index (χ0) is 16.8. The summed E-state index contributed by atoms with van der Waals surface area (Å²) < 4.78 is 11.7. The van der Waals surface area contributed by atoms with Crippen molar-refractivity contribution < 1.29 is 8.92 Å². The van der Waals surface area contributed by atoms with Gasteiger partial charge in [-0.1, -0.05) is 27.7 Å². The molecular formula is C19H32O2S. The molecule has 1 aromatic carbocycles. The van der Waals surface area contributed by atoms with Crippen LogP contribution < -0.4 is 4.74 Å². The molecule has 0 aliphatic rings. The maximum absolute atomic E-state index is 6.00. The Labute approximate surface area is 141 Å². The van der Waals surface area contributed by atoms with Crippen LogP contribution in [0.5, 0.6) is 5.75 Å². The number of rotatable bonds is 7. The summed E-state index contributed by atoms with van der Waals surface area (Å²) in [6, 6.07) is 6.34. The minimum atomic E-state index is -0.172. The van der Waals surface area contributed by atoms with Crippen molar-refractivity contribution in [3.05, 3.63) is 23.8 Å². The van der Waals surface area contributed by atoms with Gasteiger partial charge in [-0.15, -0.1) is 0 Å². The van der Waals surface area contributed by atoms with Crippen molar-refractivity contribution in [1.82, 2.24) is 0 Å². The predicted octanol–water partition coefficient (Wildman–Crippen LogP) is 6.28. The molecule has 0 saturated heterocycles. The van der Waals surface area contributed by atoms with Crippen LogP contribution in [0.4, 0.5) is 0 Å². The van der Waals surface area contributed by atoms with Crippen molar-refractivity contribution in [2.24, 2.45) is 5.41 Å². The fraction of sp³-hybridized carbons (Fsp3) is 0.684. The summed E-state index contributed by atoms with van der Waals surface area (Å²) in [5, 5.41) is 0. The van der Waals surface area contributed by atoms with E-state index in [9.17, 15) is 0 Å². The first-order valence-electron chi connectivity index (χ1n) is 8.22. The molecule has 0 unspecified atom stereocenters. The highest BCUT2D eigenvalue weighted by Gasteiger charge is 2.16. The first kappa shape index (κ1) is 19.4. The van der Waals surface area contributed by atoms with E-state index in [1.807, 2.05) is 6.07 Å². The lowest BCUT2D eigenvalue weighted by molar-refractivity contribution is 0.130. The van der Waals surface area contributed by atoms with Crippen LogP contribution in [0.3, 0.4) is 0 Å². The third kappa shape index (κ3) is 8.09. The van der Waals surface area contributed by atoms with E-state index in [0.717, 1.165) is 31.6 Å². The van der Waals surface area contributed by atoms with Gasteiger partial charge in [0, 0.05) is 16.9 Å². The Hall–Kier alpha value is -0.670. The van der Waals surface area contributed by atoms with Crippen LogP contribution >= 0.6 is 12.0 Å². The molecule has 0 aromatic heterocycles. The number of benzene rings is 1. The van der Waals surface area contributed by atoms with Gasteiger partial charge >= 0.3 is 0 Å². The summed E-state index contributed by atoms with van der Waals surface area (Å²) in [5.41, 5.74) is 1.47. The van der Waals surface area contributed by atoms with Gasteiger partial charge in [0.1, 0.15) is 11.4 Å². The largest absolute Gasteiger partial charge is 0.488 e. The second-order valence-electron chi connectivity index (χ2n) is 7.95. The molecule has 126 valence electrons. The van der Waals surface area contributed by atoms with Crippen LogP contribution in [0.1, 0.15) is 66.9 Å². The molecule has 0 bridgehead atoms. The van der Waals surface area contributed by atoms with Crippen molar-refractivity contribution in [3.8, 4) is 5.75 Å². The van der Waals surface area contributed by atoms with Gasteiger partial charge in [0.15, 0.2) is 0 Å². The number of ether oxygens (including phenoxy) is 1. The van der Waals surface area contributed by atoms with Gasteiger partial charge in [0.05, 0.1) is 6.61 Å². The van der Waals surface area contributed by atoms with E-state index in [1.165, 1.54) is 22.5 Å². The van der Waals surface area contributed by atoms with Crippen LogP contribution in [0, 0.1) is 5.41 Å². The summed E-state index contributed by atoms with van der Waals surface area (Å²) in [6.07, 6.45) is 3.23. The summed E-state index contributed by atoms with van der Waals surface area (Å²) in [6.45, 7) is 16.0. The van der Waals surface area contributed by atoms with Crippen molar-refractivity contribution in [1.29, 1.82) is 0 Å². The highest BCUT2D eigenvalue weighted by molar-refractivity contribution is 7.94. The number of aryl methyl sites for hydroxylation is 1. The van der Waals surface area contributed by atoms with E-state index in [4.69, 9.17) is 8.92 Å². The minimum Gasteiger partial charge on any atom is -0.488 e. The summed E-state index contributed by atoms with van der Waals surface area (Å²) in [4.78, 5) is 1.21. The fourth-order valence-electron chi connectivity index (χ4n) is 1.95. The van der Waals surface area contributed by atoms with E-state index < -0.39 is 0 Å². The quantitative estimate of drug-likeness (QED) is 0.434. The third-order valence-electron chi connectivity index (χ3n) is 3.04. The van der Waals surface area contributed by atoms with Gasteiger partial charge in [-0.3, -0.25) is 0 Å². The first-order valence-corrected chi connectivity index (χ1v) is 8.96. The minimum absolute atomic E-state index is 0.172. The van der Waals surface area contributed by atoms with E-state index in [0.29, 0.717) is 5.41 Å². The molecule has 0 aliphatic carbocycles. The molecular weight excluding hydrogens is 292 g/mol. The Kier molecular flexibility index (Phi) is 7.27. The van der Waals surface area contributed by atoms with Crippen molar-refractivity contribution in [2.45, 2.75) is 78.2 Å². The average molecular weight is 325 g/mol. The Balaban J connectivity index is 2.89. The second-order valence-corrected chi connectivity index (χ2v) is 8.79. The number of hydrogen-bond donors (Lipinski definition) is 0. The van der Waals surface area contributed by atoms with E-state index in [2.05, 4.69) is 60.6 Å². The number of hydrogen-bond acceptors (Lipinski definition) is 3. The lowest BCUT2D eigenvalue weighted by atomic mass is 9.88. The monoisotopic (exact) mass is 324 g/mol. The molecule has 0 spiro atoms. The Morgan fingerprint density at radius 2 is 1.73 bits per heavy atom. The van der Waals surface area contributed by atoms with Crippen LogP contribution in [-0.4, -0.2) is 12.2 Å². The smallest absolute Gasteiger partial charge is 0.120 e. The summed E-state index contributed by atoms with van der Waals surface area (Å²) in [5.74, 6) is 0.941. The maximum Gasteiger partial charge on any atom is 0.120 e. The molecule has 2 nitrogen and oxygen atoms in total. The maximum atomic E-state index is 6.00. The topological polar surface area (TPSA) is 18.5 Å². The lowest BCUT2D eigenvalue weighted by Crippen LogP contribution is -2.23. The SMILES string of the molecule is CCCOSc1ccc(OC(C)(C)C)cc1CCC(C)(C)C. The second kappa shape index (κ2) is 8.26. The normalized spacial score (nSPS) is 12.5. The fourth-order valence-corrected chi connectivity index (χ4v) is 2.72. The summed E-state index contributed by atoms with van der Waals surface area (Å²) in [7, 11) is 0. The van der Waals surface area contributed by atoms with Crippen LogP contribution in [0.2, 0.25) is 0 Å². The van der Waals surface area contributed by atoms with Gasteiger partial charge in [-0.25, -0.2) is 0 Å². The molecule has 0 atom stereocenters. The standard InChI is InChI=1S/C19H32O2S/c1-8-13-20-22-17-10-9-16(21-19(5,6)7)14-15(17)11-12-18(2,3)4/h9-10,14H,8,11-13H2,1-7H3. The molecule has 0 aliphatic heterocycles. The molecule has 1 rings (SSSR count). The van der Waals surface area contributed by atoms with Gasteiger partial charge in [-0.2, -0.15) is 0 Å². The molecule has 22 heavy (non-hydrogen) atoms. The van der Waals surface area contributed by atoms with E-state index >= 15 is 0 Å². The zero-order valence-corrected chi connectivity index (χ0v) is 16.1. The van der Waals surface area contributed by atoms with Gasteiger partial charge in [-0.05, 0) is 69.2 Å². The molecule has 1 aromatic rings. The highest BCUT2D eigenvalue weighted by Crippen LogP contribution is 2.32. The van der Waals surface area contributed by atoms with Gasteiger partial charge < -0.3 is 8.92 Å². The van der Waals surface area contributed by atoms with Crippen LogP contribution in [0.25, 0.3) is 0 Å². The summed E-state index contributed by atoms with van der Waals surface area (Å²) >= 11 is 1.49. The zero-order valence-electron chi connectivity index (χ0n) is 15.3. The Morgan fingerprint density at radius 3 is 2.27 bits per heavy atom. The van der Waals surface area contributed by atoms with Crippen molar-refractivity contribution >= 4 is 12.0 Å². The van der Waals surface area contributed by atoms with Gasteiger partial charge in [0.2, 0.25) is 0 Å². The molecule has 0 N–H and O–H groups in total.